The van der Waals surface area contributed by atoms with Crippen molar-refractivity contribution in [2.75, 3.05) is 26.2 Å². The van der Waals surface area contributed by atoms with Crippen molar-refractivity contribution >= 4 is 70.9 Å². The predicted molar refractivity (Wildman–Crippen MR) is 353 cm³/mol. The highest BCUT2D eigenvalue weighted by Crippen LogP contribution is 2.15. The molecule has 11 amide bonds. The van der Waals surface area contributed by atoms with E-state index in [0.717, 1.165) is 0 Å². The van der Waals surface area contributed by atoms with Crippen LogP contribution in [0.25, 0.3) is 0 Å². The fourth-order valence-electron chi connectivity index (χ4n) is 9.83. The fraction of sp³-hybridized carbons (Fsp3) is 0.810. The van der Waals surface area contributed by atoms with E-state index in [9.17, 15) is 62.6 Å². The summed E-state index contributed by atoms with van der Waals surface area (Å²) in [5, 5.41) is 39.2. The maximum absolute atomic E-state index is 14.3. The van der Waals surface area contributed by atoms with Crippen molar-refractivity contribution in [3.8, 4) is 0 Å². The molecule has 92 heavy (non-hydrogen) atoms. The van der Waals surface area contributed by atoms with Gasteiger partial charge >= 0.3 is 5.97 Å². The van der Waals surface area contributed by atoms with E-state index in [2.05, 4.69) is 58.5 Å². The van der Waals surface area contributed by atoms with Gasteiger partial charge in [-0.25, -0.2) is 4.79 Å². The number of carboxylic acid groups (broad SMARTS) is 1. The Hall–Kier alpha value is -6.56. The SMILES string of the molecule is CC(C)C[C@H](NC(=O)[C@H](CCCCN)NC(=O)[C@H](C)NC(=O)[C@H](CC(C)C)NC(=O)[C@H](CCCCN)NC(=O)[C@H](CC(C)C)NC(=O)[C@H](C)NC(=O)[C@H](CC(C)C)NC(=O)[C@H](CCCCN)NC(=O)[C@H](C)NC(=O)[C@H](CC(C)C)NC(=O)[C@@H](N)CCCCN)C(=O)O. The molecule has 0 radical (unpaired) electrons. The van der Waals surface area contributed by atoms with Gasteiger partial charge in [-0.3, -0.25) is 52.7 Å². The van der Waals surface area contributed by atoms with E-state index in [0.29, 0.717) is 77.4 Å². The second-order valence-electron chi connectivity index (χ2n) is 26.4. The lowest BCUT2D eigenvalue weighted by molar-refractivity contribution is -0.143. The van der Waals surface area contributed by atoms with E-state index in [1.807, 2.05) is 69.2 Å². The summed E-state index contributed by atoms with van der Waals surface area (Å²) in [4.78, 5) is 164. The molecule has 0 unspecified atom stereocenters. The van der Waals surface area contributed by atoms with Gasteiger partial charge < -0.3 is 92.3 Å². The average Bonchev–Trinajstić information content (AvgIpc) is 2.31. The van der Waals surface area contributed by atoms with E-state index >= 15 is 0 Å². The second kappa shape index (κ2) is 46.5. The number of unbranched alkanes of at least 4 members (excludes halogenated alkanes) is 4. The lowest BCUT2D eigenvalue weighted by Crippen LogP contribution is -2.60. The second-order valence-corrected chi connectivity index (χ2v) is 26.4. The Morgan fingerprint density at radius 1 is 0.261 bits per heavy atom. The Kier molecular flexibility index (Phi) is 43.2. The number of carbonyl (C=O) groups excluding carboxylic acids is 11. The molecule has 0 spiro atoms. The lowest BCUT2D eigenvalue weighted by atomic mass is 10.00. The normalized spacial score (nSPS) is 15.4. The van der Waals surface area contributed by atoms with Gasteiger partial charge in [0.25, 0.3) is 0 Å². The first-order valence-electron chi connectivity index (χ1n) is 33.2. The molecule has 0 aromatic rings. The standard InChI is InChI=1S/C63H120N16O13/c1-35(2)30-47(76-55(83)43(68)22-14-18-26-64)59(87)69-40(11)52(80)72-44(23-15-19-27-65)56(84)77-48(31-36(3)4)61(89)71-42(13)54(82)75-50(33-38(7)8)62(90)74-46(25-17-21-29-67)57(85)78-49(32-37(5)6)60(88)70-41(12)53(81)73-45(24-16-20-28-66)58(86)79-51(63(91)92)34-39(9)10/h35-51H,14-34,64-68H2,1-13H3,(H,69,87)(H,70,88)(H,71,89)(H,72,80)(H,73,81)(H,74,90)(H,75,82)(H,76,83)(H,77,84)(H,78,85)(H,79,86)(H,91,92)/t40-,41-,42-,43-,44-,45-,46-,47-,48-,49-,50-,51-/m0/s1. The summed E-state index contributed by atoms with van der Waals surface area (Å²) >= 11 is 0. The Morgan fingerprint density at radius 2 is 0.457 bits per heavy atom. The summed E-state index contributed by atoms with van der Waals surface area (Å²) < 4.78 is 0. The van der Waals surface area contributed by atoms with Crippen LogP contribution in [0, 0.1) is 29.6 Å². The van der Waals surface area contributed by atoms with Crippen molar-refractivity contribution in [2.45, 2.75) is 272 Å². The molecule has 0 bridgehead atoms. The van der Waals surface area contributed by atoms with Crippen LogP contribution in [0.1, 0.15) is 199 Å². The van der Waals surface area contributed by atoms with E-state index in [-0.39, 0.29) is 87.5 Å². The van der Waals surface area contributed by atoms with Crippen LogP contribution in [0.4, 0.5) is 0 Å². The quantitative estimate of drug-likeness (QED) is 0.0343. The molecule has 29 nitrogen and oxygen atoms in total. The van der Waals surface area contributed by atoms with Gasteiger partial charge in [-0.05, 0) is 179 Å². The zero-order chi connectivity index (χ0) is 70.4. The molecule has 0 aromatic heterocycles. The molecule has 22 N–H and O–H groups in total. The highest BCUT2D eigenvalue weighted by atomic mass is 16.4. The van der Waals surface area contributed by atoms with E-state index in [1.165, 1.54) is 20.8 Å². The van der Waals surface area contributed by atoms with Gasteiger partial charge in [0.2, 0.25) is 65.0 Å². The van der Waals surface area contributed by atoms with Crippen molar-refractivity contribution < 1.29 is 62.6 Å². The van der Waals surface area contributed by atoms with Crippen molar-refractivity contribution in [1.82, 2.24) is 58.5 Å². The topological polar surface area (TPSA) is 487 Å². The first-order valence-corrected chi connectivity index (χ1v) is 33.2. The van der Waals surface area contributed by atoms with Crippen molar-refractivity contribution in [2.24, 2.45) is 58.3 Å². The summed E-state index contributed by atoms with van der Waals surface area (Å²) in [5.74, 6) is -9.59. The first kappa shape index (κ1) is 85.4. The van der Waals surface area contributed by atoms with Crippen LogP contribution in [-0.2, 0) is 57.5 Å². The minimum absolute atomic E-state index is 0.0249. The number of aliphatic carboxylic acids is 1. The number of amides is 11. The van der Waals surface area contributed by atoms with E-state index in [4.69, 9.17) is 28.7 Å². The van der Waals surface area contributed by atoms with Gasteiger partial charge in [0, 0.05) is 0 Å². The number of carboxylic acids is 1. The minimum Gasteiger partial charge on any atom is -0.480 e. The molecule has 0 aliphatic heterocycles. The Balaban J connectivity index is 6.50. The third-order valence-electron chi connectivity index (χ3n) is 15.0. The van der Waals surface area contributed by atoms with Crippen molar-refractivity contribution in [1.29, 1.82) is 0 Å². The molecule has 0 saturated heterocycles. The Morgan fingerprint density at radius 3 is 0.717 bits per heavy atom. The summed E-state index contributed by atoms with van der Waals surface area (Å²) in [6, 6.07) is -14.0. The molecule has 29 heteroatoms. The zero-order valence-corrected chi connectivity index (χ0v) is 57.4. The van der Waals surface area contributed by atoms with Gasteiger partial charge in [-0.1, -0.05) is 75.7 Å². The summed E-state index contributed by atoms with van der Waals surface area (Å²) in [5.41, 5.74) is 28.9. The maximum atomic E-state index is 14.3. The number of rotatable bonds is 49. The van der Waals surface area contributed by atoms with Gasteiger partial charge in [0.05, 0.1) is 6.04 Å². The molecule has 0 fully saturated rings. The van der Waals surface area contributed by atoms with Crippen LogP contribution < -0.4 is 87.2 Å². The maximum Gasteiger partial charge on any atom is 0.326 e. The predicted octanol–water partition coefficient (Wildman–Crippen LogP) is -0.463. The third-order valence-corrected chi connectivity index (χ3v) is 15.0. The first-order chi connectivity index (χ1) is 43.1. The fourth-order valence-corrected chi connectivity index (χ4v) is 9.83. The molecule has 0 saturated carbocycles. The number of carbonyl (C=O) groups is 12. The van der Waals surface area contributed by atoms with E-state index in [1.54, 1.807) is 0 Å². The smallest absolute Gasteiger partial charge is 0.326 e. The summed E-state index contributed by atoms with van der Waals surface area (Å²) in [6.45, 7) is 23.8. The Bertz CT molecular complexity index is 2310. The molecule has 0 heterocycles. The van der Waals surface area contributed by atoms with Crippen molar-refractivity contribution in [3.63, 3.8) is 0 Å². The van der Waals surface area contributed by atoms with Crippen LogP contribution in [0.2, 0.25) is 0 Å². The lowest BCUT2D eigenvalue weighted by Gasteiger charge is -2.28. The monoisotopic (exact) mass is 1310 g/mol. The number of hydrogen-bond donors (Lipinski definition) is 17. The molecule has 530 valence electrons. The van der Waals surface area contributed by atoms with Crippen LogP contribution in [0.15, 0.2) is 0 Å². The minimum atomic E-state index is -1.28. The molecule has 0 aromatic carbocycles. The highest BCUT2D eigenvalue weighted by Gasteiger charge is 2.36. The third kappa shape index (κ3) is 36.0. The molecular formula is C63H120N16O13. The van der Waals surface area contributed by atoms with Crippen LogP contribution in [-0.4, -0.2) is 175 Å². The van der Waals surface area contributed by atoms with Crippen LogP contribution >= 0.6 is 0 Å². The van der Waals surface area contributed by atoms with Crippen molar-refractivity contribution in [3.05, 3.63) is 0 Å². The van der Waals surface area contributed by atoms with Gasteiger partial charge in [0.15, 0.2) is 0 Å². The Labute approximate surface area is 546 Å². The number of nitrogens with two attached hydrogens (primary N) is 5. The van der Waals surface area contributed by atoms with Gasteiger partial charge in [-0.15, -0.1) is 0 Å². The summed E-state index contributed by atoms with van der Waals surface area (Å²) in [6.07, 6.45) is 5.42. The largest absolute Gasteiger partial charge is 0.480 e. The average molecular weight is 1310 g/mol. The van der Waals surface area contributed by atoms with Crippen LogP contribution in [0.5, 0.6) is 0 Å². The molecule has 0 rings (SSSR count). The molecule has 0 aliphatic rings. The molecule has 12 atom stereocenters. The highest BCUT2D eigenvalue weighted by molar-refractivity contribution is 5.99. The van der Waals surface area contributed by atoms with Gasteiger partial charge in [0.1, 0.15) is 66.5 Å². The summed E-state index contributed by atoms with van der Waals surface area (Å²) in [7, 11) is 0. The van der Waals surface area contributed by atoms with Gasteiger partial charge in [-0.2, -0.15) is 0 Å². The number of nitrogens with one attached hydrogen (secondary N) is 11. The molecular weight excluding hydrogens is 1190 g/mol. The number of hydrogen-bond acceptors (Lipinski definition) is 17. The zero-order valence-electron chi connectivity index (χ0n) is 57.4. The van der Waals surface area contributed by atoms with Crippen LogP contribution in [0.3, 0.4) is 0 Å². The van der Waals surface area contributed by atoms with E-state index < -0.39 is 143 Å². The molecule has 0 aliphatic carbocycles.